The average molecular weight is 437 g/mol. The largest absolute Gasteiger partial charge is 0.455 e. The highest BCUT2D eigenvalue weighted by Crippen LogP contribution is 2.30. The lowest BCUT2D eigenvalue weighted by molar-refractivity contribution is 0.0930. The maximum absolute atomic E-state index is 12.7. The van der Waals surface area contributed by atoms with Crippen molar-refractivity contribution in [3.05, 3.63) is 87.8 Å². The fourth-order valence-electron chi connectivity index (χ4n) is 3.52. The maximum Gasteiger partial charge on any atom is 0.305 e. The molecule has 0 fully saturated rings. The molecule has 7 nitrogen and oxygen atoms in total. The third kappa shape index (κ3) is 4.62. The molecule has 1 aliphatic carbocycles. The number of para-hydroxylation sites is 1. The van der Waals surface area contributed by atoms with Gasteiger partial charge in [0.25, 0.3) is 5.91 Å². The lowest BCUT2D eigenvalue weighted by Crippen LogP contribution is -2.29. The van der Waals surface area contributed by atoms with E-state index in [2.05, 4.69) is 21.4 Å². The van der Waals surface area contributed by atoms with Crippen LogP contribution in [0.1, 0.15) is 50.6 Å². The Morgan fingerprint density at radius 1 is 1.03 bits per heavy atom. The minimum absolute atomic E-state index is 0.226. The van der Waals surface area contributed by atoms with Crippen LogP contribution >= 0.6 is 11.6 Å². The molecule has 0 saturated heterocycles. The molecule has 1 heterocycles. The van der Waals surface area contributed by atoms with E-state index in [0.29, 0.717) is 40.5 Å². The molecular weight excluding hydrogens is 416 g/mol. The summed E-state index contributed by atoms with van der Waals surface area (Å²) in [6.07, 6.45) is 2.19. The average Bonchev–Trinajstić information content (AvgIpc) is 3.13. The zero-order valence-electron chi connectivity index (χ0n) is 16.9. The van der Waals surface area contributed by atoms with Crippen LogP contribution in [-0.2, 0) is 6.42 Å². The highest BCUT2D eigenvalue weighted by atomic mass is 35.5. The van der Waals surface area contributed by atoms with E-state index >= 15 is 0 Å². The van der Waals surface area contributed by atoms with Crippen LogP contribution in [-0.4, -0.2) is 17.5 Å². The van der Waals surface area contributed by atoms with Gasteiger partial charge in [0, 0.05) is 28.1 Å². The zero-order valence-corrected chi connectivity index (χ0v) is 17.6. The summed E-state index contributed by atoms with van der Waals surface area (Å²) in [4.78, 5) is 25.1. The summed E-state index contributed by atoms with van der Waals surface area (Å²) in [5, 5.41) is 4.80. The van der Waals surface area contributed by atoms with Gasteiger partial charge in [-0.2, -0.15) is 5.10 Å². The van der Waals surface area contributed by atoms with Gasteiger partial charge in [-0.15, -0.1) is 0 Å². The van der Waals surface area contributed by atoms with E-state index in [4.69, 9.17) is 16.0 Å². The number of hydrazine groups is 1. The second-order valence-corrected chi connectivity index (χ2v) is 7.60. The van der Waals surface area contributed by atoms with Crippen molar-refractivity contribution in [2.75, 3.05) is 5.43 Å². The van der Waals surface area contributed by atoms with E-state index in [0.717, 1.165) is 17.7 Å². The Morgan fingerprint density at radius 3 is 2.61 bits per heavy atom. The SMILES string of the molecule is Cc1c(C(=O)NNc2ccccc2)oc2c1/C(=N/NC(=O)c1cccc(Cl)c1)CCC2. The van der Waals surface area contributed by atoms with Gasteiger partial charge in [-0.1, -0.05) is 35.9 Å². The van der Waals surface area contributed by atoms with Crippen molar-refractivity contribution in [1.29, 1.82) is 0 Å². The summed E-state index contributed by atoms with van der Waals surface area (Å²) in [6.45, 7) is 1.82. The summed E-state index contributed by atoms with van der Waals surface area (Å²) in [6, 6.07) is 16.0. The molecule has 0 saturated carbocycles. The number of hydrogen-bond acceptors (Lipinski definition) is 5. The Balaban J connectivity index is 1.51. The normalized spacial score (nSPS) is 14.1. The van der Waals surface area contributed by atoms with Crippen molar-refractivity contribution in [3.63, 3.8) is 0 Å². The highest BCUT2D eigenvalue weighted by Gasteiger charge is 2.28. The van der Waals surface area contributed by atoms with Gasteiger partial charge in [-0.25, -0.2) is 5.43 Å². The summed E-state index contributed by atoms with van der Waals surface area (Å²) < 4.78 is 5.86. The van der Waals surface area contributed by atoms with Gasteiger partial charge in [0.1, 0.15) is 5.76 Å². The van der Waals surface area contributed by atoms with Crippen LogP contribution in [0.25, 0.3) is 0 Å². The number of hydrazone groups is 1. The van der Waals surface area contributed by atoms with Crippen LogP contribution in [0.15, 0.2) is 64.1 Å². The molecule has 3 N–H and O–H groups in total. The van der Waals surface area contributed by atoms with Crippen LogP contribution in [0.4, 0.5) is 5.69 Å². The molecule has 0 atom stereocenters. The fraction of sp³-hybridized carbons (Fsp3) is 0.174. The van der Waals surface area contributed by atoms with E-state index in [1.54, 1.807) is 24.3 Å². The number of hydrogen-bond donors (Lipinski definition) is 3. The van der Waals surface area contributed by atoms with Gasteiger partial charge in [-0.3, -0.25) is 20.4 Å². The first-order valence-corrected chi connectivity index (χ1v) is 10.3. The minimum Gasteiger partial charge on any atom is -0.455 e. The Hall–Kier alpha value is -3.58. The van der Waals surface area contributed by atoms with E-state index in [1.165, 1.54) is 0 Å². The molecule has 31 heavy (non-hydrogen) atoms. The first kappa shape index (κ1) is 20.7. The standard InChI is InChI=1S/C23H21ClN4O3/c1-14-20-18(26-27-22(29)15-7-5-8-16(24)13-15)11-6-12-19(20)31-21(14)23(30)28-25-17-9-3-2-4-10-17/h2-5,7-10,13,25H,6,11-12H2,1H3,(H,27,29)(H,28,30)/b26-18+. The molecule has 158 valence electrons. The van der Waals surface area contributed by atoms with Gasteiger partial charge in [0.2, 0.25) is 0 Å². The third-order valence-corrected chi connectivity index (χ3v) is 5.24. The number of aryl methyl sites for hydroxylation is 1. The number of amides is 2. The Kier molecular flexibility index (Phi) is 6.04. The third-order valence-electron chi connectivity index (χ3n) is 5.01. The molecule has 1 aliphatic rings. The lowest BCUT2D eigenvalue weighted by atomic mass is 9.93. The van der Waals surface area contributed by atoms with Crippen molar-refractivity contribution in [2.24, 2.45) is 5.10 Å². The van der Waals surface area contributed by atoms with Crippen LogP contribution in [0.5, 0.6) is 0 Å². The van der Waals surface area contributed by atoms with Gasteiger partial charge in [0.15, 0.2) is 5.76 Å². The minimum atomic E-state index is -0.377. The molecule has 2 amide bonds. The van der Waals surface area contributed by atoms with Crippen molar-refractivity contribution >= 4 is 34.8 Å². The molecule has 3 aromatic rings. The van der Waals surface area contributed by atoms with Crippen LogP contribution in [0.3, 0.4) is 0 Å². The molecular formula is C23H21ClN4O3. The van der Waals surface area contributed by atoms with Gasteiger partial charge in [-0.05, 0) is 50.1 Å². The van der Waals surface area contributed by atoms with Crippen LogP contribution < -0.4 is 16.3 Å². The van der Waals surface area contributed by atoms with Crippen LogP contribution in [0, 0.1) is 6.92 Å². The molecule has 0 unspecified atom stereocenters. The summed E-state index contributed by atoms with van der Waals surface area (Å²) in [7, 11) is 0. The van der Waals surface area contributed by atoms with Crippen molar-refractivity contribution in [2.45, 2.75) is 26.2 Å². The predicted molar refractivity (Wildman–Crippen MR) is 119 cm³/mol. The summed E-state index contributed by atoms with van der Waals surface area (Å²) in [5.41, 5.74) is 11.4. The first-order valence-electron chi connectivity index (χ1n) is 9.89. The molecule has 1 aromatic heterocycles. The molecule has 2 aromatic carbocycles. The monoisotopic (exact) mass is 436 g/mol. The second-order valence-electron chi connectivity index (χ2n) is 7.16. The zero-order chi connectivity index (χ0) is 21.8. The molecule has 0 bridgehead atoms. The Morgan fingerprint density at radius 2 is 1.84 bits per heavy atom. The molecule has 0 spiro atoms. The number of furan rings is 1. The number of fused-ring (bicyclic) bond motifs is 1. The number of rotatable bonds is 5. The molecule has 0 aliphatic heterocycles. The maximum atomic E-state index is 12.7. The number of benzene rings is 2. The smallest absolute Gasteiger partial charge is 0.305 e. The number of anilines is 1. The van der Waals surface area contributed by atoms with E-state index in [1.807, 2.05) is 37.3 Å². The topological polar surface area (TPSA) is 95.7 Å². The number of carbonyl (C=O) groups is 2. The molecule has 0 radical (unpaired) electrons. The second kappa shape index (κ2) is 9.06. The first-order chi connectivity index (χ1) is 15.0. The Labute approximate surface area is 184 Å². The van der Waals surface area contributed by atoms with Crippen molar-refractivity contribution in [1.82, 2.24) is 10.9 Å². The van der Waals surface area contributed by atoms with E-state index in [-0.39, 0.29) is 17.6 Å². The predicted octanol–water partition coefficient (Wildman–Crippen LogP) is 4.47. The van der Waals surface area contributed by atoms with Gasteiger partial charge < -0.3 is 4.42 Å². The fourth-order valence-corrected chi connectivity index (χ4v) is 3.71. The molecule has 4 rings (SSSR count). The number of nitrogens with zero attached hydrogens (tertiary/aromatic N) is 1. The van der Waals surface area contributed by atoms with Crippen molar-refractivity contribution < 1.29 is 14.0 Å². The summed E-state index contributed by atoms with van der Waals surface area (Å²) >= 11 is 5.95. The number of nitrogens with one attached hydrogen (secondary N) is 3. The van der Waals surface area contributed by atoms with Crippen LogP contribution in [0.2, 0.25) is 5.02 Å². The van der Waals surface area contributed by atoms with E-state index < -0.39 is 0 Å². The Bertz CT molecular complexity index is 1150. The highest BCUT2D eigenvalue weighted by molar-refractivity contribution is 6.31. The molecule has 8 heteroatoms. The van der Waals surface area contributed by atoms with Gasteiger partial charge in [0.05, 0.1) is 11.4 Å². The quantitative estimate of drug-likeness (QED) is 0.514. The lowest BCUT2D eigenvalue weighted by Gasteiger charge is -2.13. The number of carbonyl (C=O) groups excluding carboxylic acids is 2. The van der Waals surface area contributed by atoms with E-state index in [9.17, 15) is 9.59 Å². The van der Waals surface area contributed by atoms with Crippen molar-refractivity contribution in [3.8, 4) is 0 Å². The number of halogens is 1. The summed E-state index contributed by atoms with van der Waals surface area (Å²) in [5.74, 6) is 0.194. The van der Waals surface area contributed by atoms with Gasteiger partial charge >= 0.3 is 5.91 Å².